The Labute approximate surface area is 129 Å². The van der Waals surface area contributed by atoms with E-state index in [9.17, 15) is 0 Å². The first-order valence-electron chi connectivity index (χ1n) is 7.42. The van der Waals surface area contributed by atoms with Gasteiger partial charge >= 0.3 is 0 Å². The Morgan fingerprint density at radius 2 is 2.19 bits per heavy atom. The molecule has 110 valence electrons. The third-order valence-corrected chi connectivity index (χ3v) is 4.49. The van der Waals surface area contributed by atoms with Crippen LogP contribution in [0.4, 0.5) is 5.82 Å². The lowest BCUT2D eigenvalue weighted by Crippen LogP contribution is -2.34. The minimum Gasteiger partial charge on any atom is -0.347 e. The standard InChI is InChI=1S/C15H18ClN5/c16-13-9-19-14(7-11(13)8-18-12-1-2-12)21-6-5-20-4-3-17-15(20)10-21/h3-4,7,9,12,18H,1-2,5-6,8,10H2. The molecule has 0 radical (unpaired) electrons. The first-order chi connectivity index (χ1) is 10.3. The number of rotatable bonds is 4. The van der Waals surface area contributed by atoms with E-state index < -0.39 is 0 Å². The molecular formula is C15H18ClN5. The molecule has 0 atom stereocenters. The van der Waals surface area contributed by atoms with E-state index in [2.05, 4.69) is 30.8 Å². The molecule has 1 saturated carbocycles. The van der Waals surface area contributed by atoms with Crippen molar-refractivity contribution in [3.63, 3.8) is 0 Å². The zero-order chi connectivity index (χ0) is 14.2. The number of hydrogen-bond acceptors (Lipinski definition) is 4. The molecule has 0 unspecified atom stereocenters. The van der Waals surface area contributed by atoms with Crippen LogP contribution in [0.15, 0.2) is 24.7 Å². The first kappa shape index (κ1) is 13.1. The van der Waals surface area contributed by atoms with E-state index in [4.69, 9.17) is 11.6 Å². The minimum absolute atomic E-state index is 0.681. The van der Waals surface area contributed by atoms with E-state index in [1.165, 1.54) is 12.8 Å². The van der Waals surface area contributed by atoms with Crippen molar-refractivity contribution in [2.75, 3.05) is 11.4 Å². The van der Waals surface area contributed by atoms with Gasteiger partial charge in [0.15, 0.2) is 0 Å². The van der Waals surface area contributed by atoms with E-state index in [1.54, 1.807) is 6.20 Å². The Kier molecular flexibility index (Phi) is 3.31. The van der Waals surface area contributed by atoms with Crippen molar-refractivity contribution in [3.8, 4) is 0 Å². The summed E-state index contributed by atoms with van der Waals surface area (Å²) in [7, 11) is 0. The monoisotopic (exact) mass is 303 g/mol. The summed E-state index contributed by atoms with van der Waals surface area (Å²) < 4.78 is 2.20. The van der Waals surface area contributed by atoms with Gasteiger partial charge in [0.05, 0.1) is 11.6 Å². The zero-order valence-corrected chi connectivity index (χ0v) is 12.6. The summed E-state index contributed by atoms with van der Waals surface area (Å²) in [5.74, 6) is 2.08. The van der Waals surface area contributed by atoms with Crippen LogP contribution in [0.25, 0.3) is 0 Å². The maximum atomic E-state index is 6.27. The lowest BCUT2D eigenvalue weighted by atomic mass is 10.2. The number of halogens is 1. The van der Waals surface area contributed by atoms with Crippen molar-refractivity contribution in [1.29, 1.82) is 0 Å². The van der Waals surface area contributed by atoms with Crippen molar-refractivity contribution in [1.82, 2.24) is 19.9 Å². The summed E-state index contributed by atoms with van der Waals surface area (Å²) in [6.07, 6.45) is 8.22. The largest absolute Gasteiger partial charge is 0.347 e. The van der Waals surface area contributed by atoms with Crippen LogP contribution in [0.1, 0.15) is 24.2 Å². The Morgan fingerprint density at radius 1 is 1.29 bits per heavy atom. The van der Waals surface area contributed by atoms with Gasteiger partial charge in [-0.1, -0.05) is 11.6 Å². The zero-order valence-electron chi connectivity index (χ0n) is 11.8. The molecule has 1 fully saturated rings. The highest BCUT2D eigenvalue weighted by Crippen LogP contribution is 2.25. The van der Waals surface area contributed by atoms with Gasteiger partial charge in [0.1, 0.15) is 11.6 Å². The fraction of sp³-hybridized carbons (Fsp3) is 0.467. The number of pyridine rings is 1. The average molecular weight is 304 g/mol. The van der Waals surface area contributed by atoms with Crippen LogP contribution in [0.3, 0.4) is 0 Å². The molecule has 0 spiro atoms. The van der Waals surface area contributed by atoms with Crippen molar-refractivity contribution < 1.29 is 0 Å². The highest BCUT2D eigenvalue weighted by atomic mass is 35.5. The van der Waals surface area contributed by atoms with Gasteiger partial charge in [-0.2, -0.15) is 0 Å². The van der Waals surface area contributed by atoms with Gasteiger partial charge in [0.2, 0.25) is 0 Å². The summed E-state index contributed by atoms with van der Waals surface area (Å²) in [4.78, 5) is 11.2. The SMILES string of the molecule is Clc1cnc(N2CCn3ccnc3C2)cc1CNC1CC1. The van der Waals surface area contributed by atoms with Crippen LogP contribution in [0.5, 0.6) is 0 Å². The Balaban J connectivity index is 1.53. The third-order valence-electron chi connectivity index (χ3n) is 4.15. The van der Waals surface area contributed by atoms with Crippen LogP contribution >= 0.6 is 11.6 Å². The average Bonchev–Trinajstić information content (AvgIpc) is 3.21. The quantitative estimate of drug-likeness (QED) is 0.940. The second kappa shape index (κ2) is 5.31. The Hall–Kier alpha value is -1.59. The van der Waals surface area contributed by atoms with Crippen molar-refractivity contribution >= 4 is 17.4 Å². The highest BCUT2D eigenvalue weighted by molar-refractivity contribution is 6.31. The number of imidazole rings is 1. The number of hydrogen-bond donors (Lipinski definition) is 1. The molecule has 2 aliphatic rings. The van der Waals surface area contributed by atoms with Crippen LogP contribution in [-0.4, -0.2) is 27.1 Å². The van der Waals surface area contributed by atoms with Crippen molar-refractivity contribution in [3.05, 3.63) is 41.1 Å². The van der Waals surface area contributed by atoms with Crippen LogP contribution in [0.2, 0.25) is 5.02 Å². The second-order valence-corrected chi connectivity index (χ2v) is 6.15. The minimum atomic E-state index is 0.681. The Morgan fingerprint density at radius 3 is 3.05 bits per heavy atom. The number of aromatic nitrogens is 3. The number of anilines is 1. The molecule has 0 saturated heterocycles. The molecule has 6 heteroatoms. The maximum absolute atomic E-state index is 6.27. The lowest BCUT2D eigenvalue weighted by molar-refractivity contribution is 0.556. The highest BCUT2D eigenvalue weighted by Gasteiger charge is 2.22. The van der Waals surface area contributed by atoms with Crippen molar-refractivity contribution in [2.24, 2.45) is 0 Å². The summed E-state index contributed by atoms with van der Waals surface area (Å²) in [6.45, 7) is 3.53. The van der Waals surface area contributed by atoms with Crippen LogP contribution in [-0.2, 0) is 19.6 Å². The molecule has 1 aliphatic heterocycles. The molecule has 21 heavy (non-hydrogen) atoms. The third kappa shape index (κ3) is 2.76. The summed E-state index contributed by atoms with van der Waals surface area (Å²) in [5.41, 5.74) is 1.13. The molecule has 3 heterocycles. The molecular weight excluding hydrogens is 286 g/mol. The fourth-order valence-electron chi connectivity index (χ4n) is 2.69. The van der Waals surface area contributed by atoms with Gasteiger partial charge in [-0.3, -0.25) is 0 Å². The molecule has 2 aromatic rings. The predicted octanol–water partition coefficient (Wildman–Crippen LogP) is 2.20. The number of nitrogens with one attached hydrogen (secondary N) is 1. The van der Waals surface area contributed by atoms with Gasteiger partial charge in [-0.05, 0) is 24.5 Å². The van der Waals surface area contributed by atoms with Crippen LogP contribution in [0, 0.1) is 0 Å². The molecule has 1 N–H and O–H groups in total. The van der Waals surface area contributed by atoms with E-state index in [1.807, 2.05) is 12.4 Å². The summed E-state index contributed by atoms with van der Waals surface area (Å²) in [6, 6.07) is 2.79. The van der Waals surface area contributed by atoms with E-state index >= 15 is 0 Å². The first-order valence-corrected chi connectivity index (χ1v) is 7.80. The van der Waals surface area contributed by atoms with Gasteiger partial charge in [-0.15, -0.1) is 0 Å². The van der Waals surface area contributed by atoms with E-state index in [0.717, 1.165) is 48.4 Å². The van der Waals surface area contributed by atoms with Crippen molar-refractivity contribution in [2.45, 2.75) is 38.5 Å². The second-order valence-electron chi connectivity index (χ2n) is 5.75. The van der Waals surface area contributed by atoms with E-state index in [-0.39, 0.29) is 0 Å². The van der Waals surface area contributed by atoms with E-state index in [0.29, 0.717) is 6.04 Å². The molecule has 0 bridgehead atoms. The van der Waals surface area contributed by atoms with Gasteiger partial charge in [0.25, 0.3) is 0 Å². The van der Waals surface area contributed by atoms with Gasteiger partial charge in [-0.25, -0.2) is 9.97 Å². The molecule has 0 amide bonds. The smallest absolute Gasteiger partial charge is 0.129 e. The maximum Gasteiger partial charge on any atom is 0.129 e. The number of nitrogens with zero attached hydrogens (tertiary/aromatic N) is 4. The van der Waals surface area contributed by atoms with Gasteiger partial charge in [0, 0.05) is 44.3 Å². The molecule has 2 aromatic heterocycles. The summed E-state index contributed by atoms with van der Waals surface area (Å²) in [5, 5.41) is 4.25. The van der Waals surface area contributed by atoms with Gasteiger partial charge < -0.3 is 14.8 Å². The lowest BCUT2D eigenvalue weighted by Gasteiger charge is -2.29. The molecule has 5 nitrogen and oxygen atoms in total. The molecule has 4 rings (SSSR count). The predicted molar refractivity (Wildman–Crippen MR) is 82.4 cm³/mol. The fourth-order valence-corrected chi connectivity index (χ4v) is 2.86. The molecule has 1 aliphatic carbocycles. The van der Waals surface area contributed by atoms with Crippen LogP contribution < -0.4 is 10.2 Å². The number of fused-ring (bicyclic) bond motifs is 1. The Bertz CT molecular complexity index is 649. The normalized spacial score (nSPS) is 17.9. The summed E-state index contributed by atoms with van der Waals surface area (Å²) >= 11 is 6.27. The molecule has 0 aromatic carbocycles. The topological polar surface area (TPSA) is 46.0 Å².